The van der Waals surface area contributed by atoms with Gasteiger partial charge >= 0.3 is 0 Å². The van der Waals surface area contributed by atoms with E-state index in [0.717, 1.165) is 22.6 Å². The maximum atomic E-state index is 12.4. The van der Waals surface area contributed by atoms with Gasteiger partial charge in [-0.05, 0) is 37.6 Å². The van der Waals surface area contributed by atoms with Crippen molar-refractivity contribution in [3.8, 4) is 17.0 Å². The van der Waals surface area contributed by atoms with Crippen LogP contribution in [0.4, 0.5) is 5.13 Å². The van der Waals surface area contributed by atoms with Gasteiger partial charge in [0.1, 0.15) is 11.8 Å². The number of hydrogen-bond acceptors (Lipinski definition) is 5. The zero-order valence-electron chi connectivity index (χ0n) is 16.8. The topological polar surface area (TPSA) is 80.3 Å². The molecule has 0 saturated heterocycles. The second-order valence-corrected chi connectivity index (χ2v) is 7.29. The van der Waals surface area contributed by atoms with E-state index in [0.29, 0.717) is 11.7 Å². The lowest BCUT2D eigenvalue weighted by Gasteiger charge is -2.11. The van der Waals surface area contributed by atoms with Gasteiger partial charge in [0.05, 0.1) is 12.3 Å². The second kappa shape index (κ2) is 10.4. The lowest BCUT2D eigenvalue weighted by atomic mass is 10.1. The van der Waals surface area contributed by atoms with Crippen LogP contribution in [-0.4, -0.2) is 29.4 Å². The van der Waals surface area contributed by atoms with Crippen LogP contribution in [0.1, 0.15) is 19.4 Å². The highest BCUT2D eigenvalue weighted by molar-refractivity contribution is 7.14. The van der Waals surface area contributed by atoms with E-state index in [1.54, 1.807) is 13.0 Å². The Kier molecular flexibility index (Phi) is 7.34. The number of amides is 2. The molecule has 3 aromatic rings. The molecule has 0 aliphatic heterocycles. The molecule has 0 aliphatic rings. The highest BCUT2D eigenvalue weighted by Gasteiger charge is 2.17. The maximum Gasteiger partial charge on any atom is 0.248 e. The molecule has 0 spiro atoms. The Bertz CT molecular complexity index is 1030. The number of ether oxygens (including phenoxy) is 1. The van der Waals surface area contributed by atoms with E-state index < -0.39 is 6.04 Å². The summed E-state index contributed by atoms with van der Waals surface area (Å²) in [6.07, 6.45) is 3.11. The molecule has 0 aliphatic carbocycles. The second-order valence-electron chi connectivity index (χ2n) is 6.43. The number of carbonyl (C=O) groups is 2. The third-order valence-corrected chi connectivity index (χ3v) is 4.93. The molecule has 6 nitrogen and oxygen atoms in total. The minimum Gasteiger partial charge on any atom is -0.493 e. The Morgan fingerprint density at radius 1 is 1.13 bits per heavy atom. The molecule has 7 heteroatoms. The van der Waals surface area contributed by atoms with Gasteiger partial charge in [0.25, 0.3) is 0 Å². The average Bonchev–Trinajstić information content (AvgIpc) is 3.22. The van der Waals surface area contributed by atoms with Crippen LogP contribution in [0.5, 0.6) is 5.75 Å². The average molecular weight is 422 g/mol. The summed E-state index contributed by atoms with van der Waals surface area (Å²) >= 11 is 1.32. The SMILES string of the molecule is CCOc1ccccc1-c1csc(NC(=O)C(C)NC(=O)/C=C/c2ccccc2)n1. The van der Waals surface area contributed by atoms with Gasteiger partial charge in [-0.2, -0.15) is 0 Å². The van der Waals surface area contributed by atoms with Crippen LogP contribution in [0.2, 0.25) is 0 Å². The van der Waals surface area contributed by atoms with E-state index in [1.165, 1.54) is 17.4 Å². The molecule has 2 amide bonds. The Hall–Kier alpha value is -3.45. The summed E-state index contributed by atoms with van der Waals surface area (Å²) in [6, 6.07) is 16.4. The molecule has 1 unspecified atom stereocenters. The Morgan fingerprint density at radius 3 is 2.63 bits per heavy atom. The van der Waals surface area contributed by atoms with Crippen molar-refractivity contribution in [1.29, 1.82) is 0 Å². The van der Waals surface area contributed by atoms with Crippen molar-refractivity contribution in [2.24, 2.45) is 0 Å². The first-order chi connectivity index (χ1) is 14.6. The number of nitrogens with one attached hydrogen (secondary N) is 2. The number of hydrogen-bond donors (Lipinski definition) is 2. The molecule has 2 N–H and O–H groups in total. The van der Waals surface area contributed by atoms with E-state index in [1.807, 2.05) is 66.9 Å². The molecule has 0 fully saturated rings. The van der Waals surface area contributed by atoms with Crippen LogP contribution in [0, 0.1) is 0 Å². The maximum absolute atomic E-state index is 12.4. The van der Waals surface area contributed by atoms with Crippen molar-refractivity contribution >= 4 is 34.4 Å². The first kappa shape index (κ1) is 21.3. The van der Waals surface area contributed by atoms with Gasteiger partial charge in [-0.15, -0.1) is 11.3 Å². The van der Waals surface area contributed by atoms with Gasteiger partial charge in [0, 0.05) is 17.0 Å². The zero-order chi connectivity index (χ0) is 21.3. The van der Waals surface area contributed by atoms with Crippen molar-refractivity contribution in [3.05, 3.63) is 71.6 Å². The summed E-state index contributed by atoms with van der Waals surface area (Å²) in [6.45, 7) is 4.11. The number of nitrogens with zero attached hydrogens (tertiary/aromatic N) is 1. The van der Waals surface area contributed by atoms with E-state index in [9.17, 15) is 9.59 Å². The van der Waals surface area contributed by atoms with E-state index >= 15 is 0 Å². The number of rotatable bonds is 8. The molecule has 1 heterocycles. The van der Waals surface area contributed by atoms with Gasteiger partial charge in [-0.3, -0.25) is 9.59 Å². The minimum absolute atomic E-state index is 0.338. The molecule has 0 radical (unpaired) electrons. The van der Waals surface area contributed by atoms with Gasteiger partial charge in [0.2, 0.25) is 11.8 Å². The molecule has 2 aromatic carbocycles. The number of para-hydroxylation sites is 1. The Balaban J connectivity index is 1.58. The predicted octanol–water partition coefficient (Wildman–Crippen LogP) is 4.37. The quantitative estimate of drug-likeness (QED) is 0.530. The summed E-state index contributed by atoms with van der Waals surface area (Å²) in [5.74, 6) is 0.0661. The smallest absolute Gasteiger partial charge is 0.248 e. The van der Waals surface area contributed by atoms with Crippen molar-refractivity contribution in [3.63, 3.8) is 0 Å². The fourth-order valence-electron chi connectivity index (χ4n) is 2.69. The normalized spacial score (nSPS) is 11.8. The van der Waals surface area contributed by atoms with Crippen molar-refractivity contribution in [1.82, 2.24) is 10.3 Å². The van der Waals surface area contributed by atoms with E-state index in [4.69, 9.17) is 4.74 Å². The lowest BCUT2D eigenvalue weighted by Crippen LogP contribution is -2.40. The van der Waals surface area contributed by atoms with Gasteiger partial charge in [0.15, 0.2) is 5.13 Å². The van der Waals surface area contributed by atoms with Crippen LogP contribution in [0.25, 0.3) is 17.3 Å². The minimum atomic E-state index is -0.707. The number of benzene rings is 2. The third kappa shape index (κ3) is 5.78. The summed E-state index contributed by atoms with van der Waals surface area (Å²) in [4.78, 5) is 29.0. The van der Waals surface area contributed by atoms with Gasteiger partial charge in [-0.1, -0.05) is 42.5 Å². The highest BCUT2D eigenvalue weighted by Crippen LogP contribution is 2.32. The molecule has 154 valence electrons. The van der Waals surface area contributed by atoms with E-state index in [-0.39, 0.29) is 11.8 Å². The summed E-state index contributed by atoms with van der Waals surface area (Å²) in [5.41, 5.74) is 2.50. The van der Waals surface area contributed by atoms with Crippen molar-refractivity contribution < 1.29 is 14.3 Å². The molecule has 3 rings (SSSR count). The highest BCUT2D eigenvalue weighted by atomic mass is 32.1. The van der Waals surface area contributed by atoms with E-state index in [2.05, 4.69) is 15.6 Å². The molecule has 1 atom stereocenters. The molecule has 0 bridgehead atoms. The fraction of sp³-hybridized carbons (Fsp3) is 0.174. The van der Waals surface area contributed by atoms with Crippen LogP contribution in [-0.2, 0) is 9.59 Å². The van der Waals surface area contributed by atoms with Crippen LogP contribution in [0.15, 0.2) is 66.1 Å². The van der Waals surface area contributed by atoms with Crippen molar-refractivity contribution in [2.75, 3.05) is 11.9 Å². The largest absolute Gasteiger partial charge is 0.493 e. The fourth-order valence-corrected chi connectivity index (χ4v) is 3.40. The summed E-state index contributed by atoms with van der Waals surface area (Å²) in [7, 11) is 0. The van der Waals surface area contributed by atoms with Crippen molar-refractivity contribution in [2.45, 2.75) is 19.9 Å². The first-order valence-electron chi connectivity index (χ1n) is 9.59. The lowest BCUT2D eigenvalue weighted by molar-refractivity contribution is -0.123. The molecular formula is C23H23N3O3S. The molecular weight excluding hydrogens is 398 g/mol. The van der Waals surface area contributed by atoms with Gasteiger partial charge < -0.3 is 15.4 Å². The van der Waals surface area contributed by atoms with Gasteiger partial charge in [-0.25, -0.2) is 4.98 Å². The summed E-state index contributed by atoms with van der Waals surface area (Å²) < 4.78 is 5.64. The zero-order valence-corrected chi connectivity index (χ0v) is 17.6. The molecule has 1 aromatic heterocycles. The molecule has 30 heavy (non-hydrogen) atoms. The Morgan fingerprint density at radius 2 is 1.87 bits per heavy atom. The number of carbonyl (C=O) groups excluding carboxylic acids is 2. The number of aromatic nitrogens is 1. The van der Waals surface area contributed by atoms with Crippen LogP contribution >= 0.6 is 11.3 Å². The number of anilines is 1. The van der Waals surface area contributed by atoms with Crippen LogP contribution < -0.4 is 15.4 Å². The predicted molar refractivity (Wildman–Crippen MR) is 120 cm³/mol. The monoisotopic (exact) mass is 421 g/mol. The number of thiazole rings is 1. The van der Waals surface area contributed by atoms with Crippen LogP contribution in [0.3, 0.4) is 0 Å². The first-order valence-corrected chi connectivity index (χ1v) is 10.5. The Labute approximate surface area is 179 Å². The summed E-state index contributed by atoms with van der Waals surface area (Å²) in [5, 5.41) is 7.73. The molecule has 0 saturated carbocycles. The third-order valence-electron chi connectivity index (χ3n) is 4.18. The standard InChI is InChI=1S/C23H23N3O3S/c1-3-29-20-12-8-7-11-18(20)19-15-30-23(25-19)26-22(28)16(2)24-21(27)14-13-17-9-5-4-6-10-17/h4-16H,3H2,1-2H3,(H,24,27)(H,25,26,28)/b14-13+.